The Morgan fingerprint density at radius 3 is 2.57 bits per heavy atom. The first-order chi connectivity index (χ1) is 10.3. The summed E-state index contributed by atoms with van der Waals surface area (Å²) in [4.78, 5) is 25.8. The maximum absolute atomic E-state index is 11.7. The van der Waals surface area contributed by atoms with E-state index in [1.54, 1.807) is 36.7 Å². The van der Waals surface area contributed by atoms with Crippen LogP contribution >= 0.6 is 0 Å². The normalized spacial score (nSPS) is 9.52. The van der Waals surface area contributed by atoms with Crippen LogP contribution in [-0.4, -0.2) is 17.4 Å². The van der Waals surface area contributed by atoms with E-state index in [1.807, 2.05) is 12.1 Å². The zero-order valence-corrected chi connectivity index (χ0v) is 11.2. The number of pyridine rings is 1. The summed E-state index contributed by atoms with van der Waals surface area (Å²) in [7, 11) is 0. The van der Waals surface area contributed by atoms with Gasteiger partial charge in [0.15, 0.2) is 0 Å². The average Bonchev–Trinajstić information content (AvgIpc) is 2.53. The lowest BCUT2D eigenvalue weighted by Gasteiger charge is -2.09. The number of carbonyl (C=O) groups is 2. The van der Waals surface area contributed by atoms with E-state index in [1.165, 1.54) is 0 Å². The molecule has 0 unspecified atom stereocenters. The molecule has 108 valence electrons. The molecule has 21 heavy (non-hydrogen) atoms. The van der Waals surface area contributed by atoms with Crippen LogP contribution in [-0.2, 0) is 11.3 Å². The number of hydrazine groups is 1. The minimum Gasteiger partial charge on any atom is -0.334 e. The van der Waals surface area contributed by atoms with Crippen LogP contribution in [0.5, 0.6) is 0 Å². The zero-order chi connectivity index (χ0) is 14.9. The molecule has 3 amide bonds. The lowest BCUT2D eigenvalue weighted by atomic mass is 10.3. The van der Waals surface area contributed by atoms with Crippen LogP contribution in [0.4, 0.5) is 16.2 Å². The van der Waals surface area contributed by atoms with E-state index in [-0.39, 0.29) is 6.03 Å². The Labute approximate surface area is 121 Å². The Bertz CT molecular complexity index is 586. The molecule has 0 atom stereocenters. The third-order valence-electron chi connectivity index (χ3n) is 2.59. The van der Waals surface area contributed by atoms with Gasteiger partial charge in [-0.3, -0.25) is 20.6 Å². The molecule has 4 N–H and O–H groups in total. The molecule has 1 aromatic heterocycles. The van der Waals surface area contributed by atoms with Gasteiger partial charge in [0.05, 0.1) is 5.69 Å². The molecular formula is C14H15N5O2. The quantitative estimate of drug-likeness (QED) is 0.477. The molecule has 1 heterocycles. The molecular weight excluding hydrogens is 270 g/mol. The van der Waals surface area contributed by atoms with Gasteiger partial charge < -0.3 is 10.6 Å². The van der Waals surface area contributed by atoms with Crippen LogP contribution < -0.4 is 21.5 Å². The SMILES string of the molecule is O=CNNc1ccc(NC(=O)NCc2cccnc2)cc1. The highest BCUT2D eigenvalue weighted by molar-refractivity contribution is 5.89. The highest BCUT2D eigenvalue weighted by atomic mass is 16.2. The minimum atomic E-state index is -0.300. The highest BCUT2D eigenvalue weighted by Crippen LogP contribution is 2.12. The van der Waals surface area contributed by atoms with E-state index >= 15 is 0 Å². The molecule has 0 fully saturated rings. The molecule has 0 saturated carbocycles. The number of carbonyl (C=O) groups excluding carboxylic acids is 2. The molecule has 0 aliphatic rings. The van der Waals surface area contributed by atoms with Crippen molar-refractivity contribution in [3.05, 3.63) is 54.4 Å². The van der Waals surface area contributed by atoms with Gasteiger partial charge in [-0.05, 0) is 35.9 Å². The Hall–Kier alpha value is -3.09. The fraction of sp³-hybridized carbons (Fsp3) is 0.0714. The monoisotopic (exact) mass is 285 g/mol. The fourth-order valence-electron chi connectivity index (χ4n) is 1.61. The van der Waals surface area contributed by atoms with E-state index in [9.17, 15) is 9.59 Å². The fourth-order valence-corrected chi connectivity index (χ4v) is 1.61. The van der Waals surface area contributed by atoms with Gasteiger partial charge in [0.2, 0.25) is 6.41 Å². The van der Waals surface area contributed by atoms with E-state index in [0.717, 1.165) is 5.56 Å². The van der Waals surface area contributed by atoms with E-state index in [0.29, 0.717) is 24.3 Å². The second kappa shape index (κ2) is 7.49. The lowest BCUT2D eigenvalue weighted by Crippen LogP contribution is -2.28. The summed E-state index contributed by atoms with van der Waals surface area (Å²) in [6.45, 7) is 0.405. The summed E-state index contributed by atoms with van der Waals surface area (Å²) >= 11 is 0. The maximum atomic E-state index is 11.7. The van der Waals surface area contributed by atoms with Crippen molar-refractivity contribution in [2.75, 3.05) is 10.7 Å². The van der Waals surface area contributed by atoms with Crippen molar-refractivity contribution >= 4 is 23.8 Å². The summed E-state index contributed by atoms with van der Waals surface area (Å²) in [5, 5.41) is 5.44. The van der Waals surface area contributed by atoms with Crippen LogP contribution in [0.25, 0.3) is 0 Å². The summed E-state index contributed by atoms with van der Waals surface area (Å²) in [6.07, 6.45) is 3.91. The van der Waals surface area contributed by atoms with Gasteiger partial charge in [-0.25, -0.2) is 4.79 Å². The Morgan fingerprint density at radius 1 is 1.14 bits per heavy atom. The standard InChI is InChI=1S/C14H15N5O2/c20-10-17-19-13-5-3-12(4-6-13)18-14(21)16-9-11-2-1-7-15-8-11/h1-8,10,19H,9H2,(H,17,20)(H2,16,18,21). The van der Waals surface area contributed by atoms with E-state index < -0.39 is 0 Å². The van der Waals surface area contributed by atoms with Crippen molar-refractivity contribution in [1.29, 1.82) is 0 Å². The number of benzene rings is 1. The average molecular weight is 285 g/mol. The zero-order valence-electron chi connectivity index (χ0n) is 11.2. The van der Waals surface area contributed by atoms with Crippen LogP contribution in [0, 0.1) is 0 Å². The molecule has 7 nitrogen and oxygen atoms in total. The molecule has 1 aromatic carbocycles. The van der Waals surface area contributed by atoms with Crippen molar-refractivity contribution in [2.45, 2.75) is 6.54 Å². The van der Waals surface area contributed by atoms with Crippen LogP contribution in [0.3, 0.4) is 0 Å². The maximum Gasteiger partial charge on any atom is 0.319 e. The molecule has 0 aliphatic carbocycles. The van der Waals surface area contributed by atoms with Crippen molar-refractivity contribution in [1.82, 2.24) is 15.7 Å². The number of hydrogen-bond acceptors (Lipinski definition) is 4. The number of anilines is 2. The predicted molar refractivity (Wildman–Crippen MR) is 79.4 cm³/mol. The van der Waals surface area contributed by atoms with Gasteiger partial charge in [0.25, 0.3) is 0 Å². The number of urea groups is 1. The Morgan fingerprint density at radius 2 is 1.90 bits per heavy atom. The predicted octanol–water partition coefficient (Wildman–Crippen LogP) is 1.48. The third kappa shape index (κ3) is 4.83. The largest absolute Gasteiger partial charge is 0.334 e. The molecule has 2 rings (SSSR count). The van der Waals surface area contributed by atoms with Gasteiger partial charge in [-0.1, -0.05) is 6.07 Å². The van der Waals surface area contributed by atoms with Gasteiger partial charge in [-0.2, -0.15) is 0 Å². The number of amides is 3. The number of hydrogen-bond donors (Lipinski definition) is 4. The van der Waals surface area contributed by atoms with Gasteiger partial charge >= 0.3 is 6.03 Å². The number of nitrogens with zero attached hydrogens (tertiary/aromatic N) is 1. The second-order valence-corrected chi connectivity index (χ2v) is 4.13. The Balaban J connectivity index is 1.80. The second-order valence-electron chi connectivity index (χ2n) is 4.13. The van der Waals surface area contributed by atoms with Crippen molar-refractivity contribution in [2.24, 2.45) is 0 Å². The molecule has 7 heteroatoms. The van der Waals surface area contributed by atoms with Crippen LogP contribution in [0.1, 0.15) is 5.56 Å². The summed E-state index contributed by atoms with van der Waals surface area (Å²) < 4.78 is 0. The van der Waals surface area contributed by atoms with E-state index in [2.05, 4.69) is 26.5 Å². The topological polar surface area (TPSA) is 95.2 Å². The van der Waals surface area contributed by atoms with Gasteiger partial charge in [-0.15, -0.1) is 0 Å². The van der Waals surface area contributed by atoms with Crippen LogP contribution in [0.2, 0.25) is 0 Å². The molecule has 0 saturated heterocycles. The third-order valence-corrected chi connectivity index (χ3v) is 2.59. The van der Waals surface area contributed by atoms with Crippen molar-refractivity contribution in [3.63, 3.8) is 0 Å². The van der Waals surface area contributed by atoms with E-state index in [4.69, 9.17) is 0 Å². The highest BCUT2D eigenvalue weighted by Gasteiger charge is 2.01. The molecule has 0 radical (unpaired) electrons. The number of rotatable bonds is 6. The number of nitrogens with one attached hydrogen (secondary N) is 4. The molecule has 0 aliphatic heterocycles. The summed E-state index contributed by atoms with van der Waals surface area (Å²) in [5.74, 6) is 0. The molecule has 0 bridgehead atoms. The first-order valence-electron chi connectivity index (χ1n) is 6.27. The van der Waals surface area contributed by atoms with Gasteiger partial charge in [0.1, 0.15) is 0 Å². The van der Waals surface area contributed by atoms with Crippen molar-refractivity contribution in [3.8, 4) is 0 Å². The van der Waals surface area contributed by atoms with Gasteiger partial charge in [0, 0.05) is 24.6 Å². The number of aromatic nitrogens is 1. The summed E-state index contributed by atoms with van der Waals surface area (Å²) in [6, 6.07) is 10.3. The van der Waals surface area contributed by atoms with Crippen LogP contribution in [0.15, 0.2) is 48.8 Å². The van der Waals surface area contributed by atoms with Crippen molar-refractivity contribution < 1.29 is 9.59 Å². The molecule has 2 aromatic rings. The minimum absolute atomic E-state index is 0.300. The smallest absolute Gasteiger partial charge is 0.319 e. The lowest BCUT2D eigenvalue weighted by molar-refractivity contribution is -0.109. The summed E-state index contributed by atoms with van der Waals surface area (Å²) in [5.41, 5.74) is 7.28. The Kier molecular flexibility index (Phi) is 5.11. The first kappa shape index (κ1) is 14.3. The first-order valence-corrected chi connectivity index (χ1v) is 6.27. The molecule has 0 spiro atoms.